The van der Waals surface area contributed by atoms with Crippen LogP contribution in [-0.2, 0) is 17.6 Å². The summed E-state index contributed by atoms with van der Waals surface area (Å²) < 4.78 is 0. The molecule has 0 spiro atoms. The van der Waals surface area contributed by atoms with Gasteiger partial charge in [0.1, 0.15) is 6.33 Å². The third-order valence-electron chi connectivity index (χ3n) is 2.74. The Morgan fingerprint density at radius 2 is 2.00 bits per heavy atom. The van der Waals surface area contributed by atoms with Gasteiger partial charge in [-0.2, -0.15) is 10.1 Å². The van der Waals surface area contributed by atoms with Crippen LogP contribution in [0.15, 0.2) is 30.6 Å². The van der Waals surface area contributed by atoms with Crippen LogP contribution in [0.5, 0.6) is 0 Å². The fourth-order valence-corrected chi connectivity index (χ4v) is 1.66. The molecular weight excluding hydrogens is 228 g/mol. The third kappa shape index (κ3) is 3.41. The van der Waals surface area contributed by atoms with Crippen molar-refractivity contribution < 1.29 is 4.79 Å². The highest BCUT2D eigenvalue weighted by molar-refractivity contribution is 5.88. The molecule has 2 aromatic rings. The molecule has 0 aliphatic rings. The van der Waals surface area contributed by atoms with Crippen molar-refractivity contribution in [2.45, 2.75) is 26.2 Å². The molecule has 0 fully saturated rings. The summed E-state index contributed by atoms with van der Waals surface area (Å²) in [4.78, 5) is 15.4. The number of anilines is 1. The highest BCUT2D eigenvalue weighted by atomic mass is 16.1. The first kappa shape index (κ1) is 12.3. The molecule has 94 valence electrons. The van der Waals surface area contributed by atoms with E-state index in [4.69, 9.17) is 0 Å². The second-order valence-electron chi connectivity index (χ2n) is 4.05. The van der Waals surface area contributed by atoms with Crippen LogP contribution in [0, 0.1) is 0 Å². The maximum atomic E-state index is 11.6. The Bertz CT molecular complexity index is 490. The summed E-state index contributed by atoms with van der Waals surface area (Å²) in [5.41, 5.74) is 2.48. The lowest BCUT2D eigenvalue weighted by atomic mass is 10.1. The van der Waals surface area contributed by atoms with Crippen LogP contribution >= 0.6 is 0 Å². The molecule has 5 heteroatoms. The molecule has 0 atom stereocenters. The van der Waals surface area contributed by atoms with E-state index in [1.165, 1.54) is 17.5 Å². The Balaban J connectivity index is 1.81. The predicted molar refractivity (Wildman–Crippen MR) is 69.2 cm³/mol. The van der Waals surface area contributed by atoms with Crippen molar-refractivity contribution in [3.8, 4) is 0 Å². The van der Waals surface area contributed by atoms with Gasteiger partial charge in [0.25, 0.3) is 0 Å². The van der Waals surface area contributed by atoms with Crippen LogP contribution in [0.1, 0.15) is 24.5 Å². The molecule has 0 bridgehead atoms. The number of benzene rings is 1. The molecule has 0 aliphatic carbocycles. The maximum Gasteiger partial charge on any atom is 0.227 e. The number of nitrogens with one attached hydrogen (secondary N) is 2. The second kappa shape index (κ2) is 5.95. The van der Waals surface area contributed by atoms with E-state index in [9.17, 15) is 4.79 Å². The number of aryl methyl sites for hydroxylation is 2. The van der Waals surface area contributed by atoms with Gasteiger partial charge < -0.3 is 0 Å². The highest BCUT2D eigenvalue weighted by Crippen LogP contribution is 2.07. The SMILES string of the molecule is CCc1ccc(CCC(=O)Nc2ncn[nH]2)cc1. The van der Waals surface area contributed by atoms with Gasteiger partial charge in [0.2, 0.25) is 11.9 Å². The molecule has 2 rings (SSSR count). The van der Waals surface area contributed by atoms with E-state index < -0.39 is 0 Å². The number of carbonyl (C=O) groups excluding carboxylic acids is 1. The Kier molecular flexibility index (Phi) is 4.06. The van der Waals surface area contributed by atoms with E-state index in [0.29, 0.717) is 12.4 Å². The first-order chi connectivity index (χ1) is 8.78. The maximum absolute atomic E-state index is 11.6. The van der Waals surface area contributed by atoms with Crippen LogP contribution < -0.4 is 5.32 Å². The number of hydrogen-bond donors (Lipinski definition) is 2. The van der Waals surface area contributed by atoms with Crippen molar-refractivity contribution in [1.29, 1.82) is 0 Å². The number of aromatic nitrogens is 3. The van der Waals surface area contributed by atoms with Crippen LogP contribution in [-0.4, -0.2) is 21.1 Å². The molecule has 1 aromatic carbocycles. The summed E-state index contributed by atoms with van der Waals surface area (Å²) in [6.07, 6.45) is 3.56. The fourth-order valence-electron chi connectivity index (χ4n) is 1.66. The Hall–Kier alpha value is -2.17. The van der Waals surface area contributed by atoms with E-state index in [-0.39, 0.29) is 5.91 Å². The summed E-state index contributed by atoms with van der Waals surface area (Å²) >= 11 is 0. The Morgan fingerprint density at radius 3 is 2.61 bits per heavy atom. The van der Waals surface area contributed by atoms with E-state index in [0.717, 1.165) is 12.8 Å². The summed E-state index contributed by atoms with van der Waals surface area (Å²) in [6, 6.07) is 8.34. The minimum absolute atomic E-state index is 0.0636. The molecule has 5 nitrogen and oxygen atoms in total. The molecule has 0 saturated heterocycles. The lowest BCUT2D eigenvalue weighted by Crippen LogP contribution is -2.13. The fraction of sp³-hybridized carbons (Fsp3) is 0.308. The van der Waals surface area contributed by atoms with Crippen molar-refractivity contribution in [1.82, 2.24) is 15.2 Å². The first-order valence-corrected chi connectivity index (χ1v) is 6.01. The van der Waals surface area contributed by atoms with Crippen LogP contribution in [0.25, 0.3) is 0 Å². The number of H-pyrrole nitrogens is 1. The first-order valence-electron chi connectivity index (χ1n) is 6.01. The van der Waals surface area contributed by atoms with Crippen LogP contribution in [0.4, 0.5) is 5.95 Å². The molecule has 0 aliphatic heterocycles. The molecule has 0 saturated carbocycles. The Morgan fingerprint density at radius 1 is 1.28 bits per heavy atom. The molecule has 1 amide bonds. The largest absolute Gasteiger partial charge is 0.295 e. The van der Waals surface area contributed by atoms with Crippen molar-refractivity contribution in [3.05, 3.63) is 41.7 Å². The summed E-state index contributed by atoms with van der Waals surface area (Å²) in [5, 5.41) is 8.90. The zero-order chi connectivity index (χ0) is 12.8. The van der Waals surface area contributed by atoms with Gasteiger partial charge >= 0.3 is 0 Å². The van der Waals surface area contributed by atoms with Gasteiger partial charge in [-0.05, 0) is 24.0 Å². The predicted octanol–water partition coefficient (Wildman–Crippen LogP) is 1.94. The summed E-state index contributed by atoms with van der Waals surface area (Å²) in [5.74, 6) is 0.327. The zero-order valence-corrected chi connectivity index (χ0v) is 10.3. The number of hydrogen-bond acceptors (Lipinski definition) is 3. The lowest BCUT2D eigenvalue weighted by molar-refractivity contribution is -0.116. The average Bonchev–Trinajstić information content (AvgIpc) is 2.90. The normalized spacial score (nSPS) is 10.3. The van der Waals surface area contributed by atoms with Crippen molar-refractivity contribution in [2.75, 3.05) is 5.32 Å². The van der Waals surface area contributed by atoms with Gasteiger partial charge in [-0.1, -0.05) is 31.2 Å². The molecule has 18 heavy (non-hydrogen) atoms. The van der Waals surface area contributed by atoms with Gasteiger partial charge in [0.05, 0.1) is 0 Å². The molecule has 0 unspecified atom stereocenters. The number of rotatable bonds is 5. The van der Waals surface area contributed by atoms with Crippen LogP contribution in [0.3, 0.4) is 0 Å². The quantitative estimate of drug-likeness (QED) is 0.844. The number of carbonyl (C=O) groups is 1. The number of aromatic amines is 1. The minimum atomic E-state index is -0.0636. The average molecular weight is 244 g/mol. The molecular formula is C13H16N4O. The highest BCUT2D eigenvalue weighted by Gasteiger charge is 2.04. The van der Waals surface area contributed by atoms with Crippen molar-refractivity contribution in [3.63, 3.8) is 0 Å². The second-order valence-corrected chi connectivity index (χ2v) is 4.05. The van der Waals surface area contributed by atoms with E-state index >= 15 is 0 Å². The Labute approximate surface area is 106 Å². The van der Waals surface area contributed by atoms with Gasteiger partial charge in [-0.3, -0.25) is 10.1 Å². The standard InChI is InChI=1S/C13H16N4O/c1-2-10-3-5-11(6-4-10)7-8-12(18)16-13-14-9-15-17-13/h3-6,9H,2,7-8H2,1H3,(H2,14,15,16,17,18). The molecule has 2 N–H and O–H groups in total. The van der Waals surface area contributed by atoms with E-state index in [2.05, 4.69) is 51.7 Å². The van der Waals surface area contributed by atoms with Gasteiger partial charge in [0.15, 0.2) is 0 Å². The van der Waals surface area contributed by atoms with Crippen molar-refractivity contribution >= 4 is 11.9 Å². The van der Waals surface area contributed by atoms with Crippen molar-refractivity contribution in [2.24, 2.45) is 0 Å². The smallest absolute Gasteiger partial charge is 0.227 e. The summed E-state index contributed by atoms with van der Waals surface area (Å²) in [7, 11) is 0. The minimum Gasteiger partial charge on any atom is -0.295 e. The third-order valence-corrected chi connectivity index (χ3v) is 2.74. The number of nitrogens with zero attached hydrogens (tertiary/aromatic N) is 2. The summed E-state index contributed by atoms with van der Waals surface area (Å²) in [6.45, 7) is 2.12. The van der Waals surface area contributed by atoms with Gasteiger partial charge in [0, 0.05) is 6.42 Å². The van der Waals surface area contributed by atoms with Gasteiger partial charge in [-0.25, -0.2) is 5.10 Å². The lowest BCUT2D eigenvalue weighted by Gasteiger charge is -2.03. The molecule has 0 radical (unpaired) electrons. The monoisotopic (exact) mass is 244 g/mol. The number of amides is 1. The zero-order valence-electron chi connectivity index (χ0n) is 10.3. The molecule has 1 heterocycles. The van der Waals surface area contributed by atoms with E-state index in [1.807, 2.05) is 0 Å². The topological polar surface area (TPSA) is 70.7 Å². The van der Waals surface area contributed by atoms with Gasteiger partial charge in [-0.15, -0.1) is 0 Å². The van der Waals surface area contributed by atoms with Crippen LogP contribution in [0.2, 0.25) is 0 Å². The van der Waals surface area contributed by atoms with E-state index in [1.54, 1.807) is 0 Å². The molecule has 1 aromatic heterocycles.